The van der Waals surface area contributed by atoms with Crippen LogP contribution in [-0.2, 0) is 24.2 Å². The number of aryl methyl sites for hydroxylation is 1. The second-order valence-corrected chi connectivity index (χ2v) is 10.2. The Morgan fingerprint density at radius 3 is 2.50 bits per heavy atom. The van der Waals surface area contributed by atoms with E-state index in [1.165, 1.54) is 27.6 Å². The van der Waals surface area contributed by atoms with Gasteiger partial charge in [-0.25, -0.2) is 0 Å². The number of fused-ring (bicyclic) bond motifs is 1. The predicted molar refractivity (Wildman–Crippen MR) is 158 cm³/mol. The van der Waals surface area contributed by atoms with Crippen molar-refractivity contribution in [1.82, 2.24) is 20.2 Å². The van der Waals surface area contributed by atoms with Crippen LogP contribution in [0.25, 0.3) is 17.0 Å². The van der Waals surface area contributed by atoms with Crippen molar-refractivity contribution in [3.8, 4) is 0 Å². The van der Waals surface area contributed by atoms with E-state index in [9.17, 15) is 4.79 Å². The van der Waals surface area contributed by atoms with Crippen LogP contribution in [0.4, 0.5) is 0 Å². The Morgan fingerprint density at radius 2 is 1.71 bits per heavy atom. The fraction of sp³-hybridized carbons (Fsp3) is 0.333. The summed E-state index contributed by atoms with van der Waals surface area (Å²) in [5, 5.41) is 4.30. The van der Waals surface area contributed by atoms with Gasteiger partial charge in [0, 0.05) is 61.2 Å². The van der Waals surface area contributed by atoms with Gasteiger partial charge in [-0.05, 0) is 86.1 Å². The third-order valence-corrected chi connectivity index (χ3v) is 7.06. The molecule has 38 heavy (non-hydrogen) atoms. The minimum atomic E-state index is -0.0470. The number of carbonyl (C=O) groups excluding carboxylic acids is 1. The molecule has 2 N–H and O–H groups in total. The van der Waals surface area contributed by atoms with Gasteiger partial charge in [0.05, 0.1) is 0 Å². The van der Waals surface area contributed by atoms with E-state index in [0.29, 0.717) is 12.6 Å². The summed E-state index contributed by atoms with van der Waals surface area (Å²) in [4.78, 5) is 21.9. The van der Waals surface area contributed by atoms with Crippen LogP contribution in [0.1, 0.15) is 55.4 Å². The number of amides is 1. The zero-order chi connectivity index (χ0) is 26.6. The monoisotopic (exact) mass is 508 g/mol. The van der Waals surface area contributed by atoms with E-state index in [1.807, 2.05) is 18.2 Å². The largest absolute Gasteiger partial charge is 0.361 e. The number of nitrogens with one attached hydrogen (secondary N) is 2. The highest BCUT2D eigenvalue weighted by Crippen LogP contribution is 2.19. The lowest BCUT2D eigenvalue weighted by molar-refractivity contribution is -0.116. The lowest BCUT2D eigenvalue weighted by Gasteiger charge is -2.26. The fourth-order valence-corrected chi connectivity index (χ4v) is 4.72. The Hall–Kier alpha value is -3.70. The average Bonchev–Trinajstić information content (AvgIpc) is 3.36. The Labute approximate surface area is 227 Å². The standard InChI is InChI=1S/C33H40N4O/c1-26(2)37(23-19-30-24-36-32-10-6-5-9-31(30)32)25-29-13-11-27(12-14-29)8-4-3-7-20-35-33(38)16-15-28-17-21-34-22-18-28/h5-6,9-18,21-22,24,26,36H,3-4,7-8,19-20,23,25H2,1-2H3,(H,35,38)/b16-15+. The molecule has 0 aliphatic carbocycles. The van der Waals surface area contributed by atoms with Crippen molar-refractivity contribution in [3.63, 3.8) is 0 Å². The molecule has 2 aromatic carbocycles. The van der Waals surface area contributed by atoms with Gasteiger partial charge >= 0.3 is 0 Å². The van der Waals surface area contributed by atoms with Crippen LogP contribution in [0.2, 0.25) is 0 Å². The van der Waals surface area contributed by atoms with Crippen LogP contribution in [0.5, 0.6) is 0 Å². The molecule has 0 saturated carbocycles. The van der Waals surface area contributed by atoms with Gasteiger partial charge in [0.1, 0.15) is 0 Å². The average molecular weight is 509 g/mol. The summed E-state index contributed by atoms with van der Waals surface area (Å²) in [6.45, 7) is 7.28. The number of para-hydroxylation sites is 1. The third kappa shape index (κ3) is 8.42. The van der Waals surface area contributed by atoms with E-state index in [2.05, 4.69) is 88.8 Å². The highest BCUT2D eigenvalue weighted by atomic mass is 16.1. The number of aromatic amines is 1. The van der Waals surface area contributed by atoms with Gasteiger partial charge in [-0.3, -0.25) is 14.7 Å². The molecule has 0 aliphatic heterocycles. The van der Waals surface area contributed by atoms with Crippen molar-refractivity contribution in [2.45, 2.75) is 58.5 Å². The molecular weight excluding hydrogens is 468 g/mol. The molecule has 2 aromatic heterocycles. The van der Waals surface area contributed by atoms with E-state index in [4.69, 9.17) is 0 Å². The van der Waals surface area contributed by atoms with Crippen LogP contribution in [-0.4, -0.2) is 39.9 Å². The molecule has 5 heteroatoms. The number of aromatic nitrogens is 2. The van der Waals surface area contributed by atoms with Crippen LogP contribution in [0.3, 0.4) is 0 Å². The first-order valence-corrected chi connectivity index (χ1v) is 13.8. The zero-order valence-electron chi connectivity index (χ0n) is 22.7. The molecule has 5 nitrogen and oxygen atoms in total. The summed E-state index contributed by atoms with van der Waals surface area (Å²) < 4.78 is 0. The van der Waals surface area contributed by atoms with Crippen molar-refractivity contribution in [2.75, 3.05) is 13.1 Å². The van der Waals surface area contributed by atoms with Gasteiger partial charge in [0.2, 0.25) is 5.91 Å². The van der Waals surface area contributed by atoms with Crippen molar-refractivity contribution in [3.05, 3.63) is 108 Å². The van der Waals surface area contributed by atoms with Crippen LogP contribution in [0, 0.1) is 0 Å². The van der Waals surface area contributed by atoms with Crippen LogP contribution in [0.15, 0.2) is 85.3 Å². The predicted octanol–water partition coefficient (Wildman–Crippen LogP) is 6.56. The molecule has 0 radical (unpaired) electrons. The SMILES string of the molecule is CC(C)N(CCc1c[nH]c2ccccc12)Cc1ccc(CCCCCNC(=O)/C=C/c2ccncc2)cc1. The second-order valence-electron chi connectivity index (χ2n) is 10.2. The van der Waals surface area contributed by atoms with E-state index < -0.39 is 0 Å². The number of benzene rings is 2. The Bertz CT molecular complexity index is 1290. The number of nitrogens with zero attached hydrogens (tertiary/aromatic N) is 2. The molecule has 0 atom stereocenters. The maximum absolute atomic E-state index is 12.0. The molecule has 198 valence electrons. The smallest absolute Gasteiger partial charge is 0.243 e. The molecule has 2 heterocycles. The van der Waals surface area contributed by atoms with Crippen molar-refractivity contribution >= 4 is 22.9 Å². The highest BCUT2D eigenvalue weighted by Gasteiger charge is 2.12. The number of carbonyl (C=O) groups is 1. The van der Waals surface area contributed by atoms with Gasteiger partial charge in [-0.1, -0.05) is 48.9 Å². The van der Waals surface area contributed by atoms with Crippen molar-refractivity contribution < 1.29 is 4.79 Å². The lowest BCUT2D eigenvalue weighted by Crippen LogP contribution is -2.32. The Balaban J connectivity index is 1.14. The molecule has 0 unspecified atom stereocenters. The van der Waals surface area contributed by atoms with Gasteiger partial charge in [0.15, 0.2) is 0 Å². The number of hydrogen-bond donors (Lipinski definition) is 2. The van der Waals surface area contributed by atoms with Gasteiger partial charge in [-0.15, -0.1) is 0 Å². The van der Waals surface area contributed by atoms with E-state index >= 15 is 0 Å². The summed E-state index contributed by atoms with van der Waals surface area (Å²) in [5.74, 6) is -0.0470. The van der Waals surface area contributed by atoms with Gasteiger partial charge in [0.25, 0.3) is 0 Å². The first-order chi connectivity index (χ1) is 18.6. The van der Waals surface area contributed by atoms with Crippen LogP contribution < -0.4 is 5.32 Å². The Morgan fingerprint density at radius 1 is 0.947 bits per heavy atom. The minimum absolute atomic E-state index is 0.0470. The normalized spacial score (nSPS) is 11.7. The molecular formula is C33H40N4O. The molecule has 4 rings (SSSR count). The highest BCUT2D eigenvalue weighted by molar-refractivity contribution is 5.91. The molecule has 0 bridgehead atoms. The quantitative estimate of drug-likeness (QED) is 0.150. The number of rotatable bonds is 14. The van der Waals surface area contributed by atoms with E-state index in [0.717, 1.165) is 50.8 Å². The number of unbranched alkanes of at least 4 members (excludes halogenated alkanes) is 2. The summed E-state index contributed by atoms with van der Waals surface area (Å²) in [6, 6.07) is 21.9. The first-order valence-electron chi connectivity index (χ1n) is 13.8. The second kappa shape index (κ2) is 14.3. The maximum atomic E-state index is 12.0. The van der Waals surface area contributed by atoms with Gasteiger partial charge in [-0.2, -0.15) is 0 Å². The molecule has 0 aliphatic rings. The van der Waals surface area contributed by atoms with E-state index in [-0.39, 0.29) is 5.91 Å². The molecule has 0 fully saturated rings. The molecule has 4 aromatic rings. The first kappa shape index (κ1) is 27.3. The maximum Gasteiger partial charge on any atom is 0.243 e. The van der Waals surface area contributed by atoms with Gasteiger partial charge < -0.3 is 10.3 Å². The topological polar surface area (TPSA) is 61.0 Å². The fourth-order valence-electron chi connectivity index (χ4n) is 4.72. The number of H-pyrrole nitrogens is 1. The van der Waals surface area contributed by atoms with Crippen LogP contribution >= 0.6 is 0 Å². The molecule has 0 saturated heterocycles. The van der Waals surface area contributed by atoms with E-state index in [1.54, 1.807) is 18.5 Å². The molecule has 0 spiro atoms. The Kier molecular flexibility index (Phi) is 10.3. The zero-order valence-corrected chi connectivity index (χ0v) is 22.7. The molecule has 1 amide bonds. The summed E-state index contributed by atoms with van der Waals surface area (Å²) in [5.41, 5.74) is 6.33. The number of pyridine rings is 1. The van der Waals surface area contributed by atoms with Crippen molar-refractivity contribution in [1.29, 1.82) is 0 Å². The third-order valence-electron chi connectivity index (χ3n) is 7.06. The summed E-state index contributed by atoms with van der Waals surface area (Å²) >= 11 is 0. The lowest BCUT2D eigenvalue weighted by atomic mass is 10.0. The minimum Gasteiger partial charge on any atom is -0.361 e. The summed E-state index contributed by atoms with van der Waals surface area (Å²) in [6.07, 6.45) is 14.3. The number of hydrogen-bond acceptors (Lipinski definition) is 3. The van der Waals surface area contributed by atoms with Crippen molar-refractivity contribution in [2.24, 2.45) is 0 Å². The summed E-state index contributed by atoms with van der Waals surface area (Å²) in [7, 11) is 0.